The zero-order valence-corrected chi connectivity index (χ0v) is 14.4. The van der Waals surface area contributed by atoms with E-state index in [4.69, 9.17) is 0 Å². The van der Waals surface area contributed by atoms with Gasteiger partial charge in [0.15, 0.2) is 0 Å². The van der Waals surface area contributed by atoms with Gasteiger partial charge in [-0.25, -0.2) is 17.5 Å². The molecular formula is C16H24N2O4S. The molecule has 0 aliphatic heterocycles. The molecule has 1 aromatic rings. The van der Waals surface area contributed by atoms with Gasteiger partial charge in [-0.3, -0.25) is 4.90 Å². The number of anilines is 1. The lowest BCUT2D eigenvalue weighted by Gasteiger charge is -2.28. The van der Waals surface area contributed by atoms with Crippen LogP contribution in [0, 0.1) is 0 Å². The van der Waals surface area contributed by atoms with Crippen molar-refractivity contribution in [3.8, 4) is 0 Å². The van der Waals surface area contributed by atoms with Gasteiger partial charge < -0.3 is 5.11 Å². The lowest BCUT2D eigenvalue weighted by Crippen LogP contribution is -2.39. The van der Waals surface area contributed by atoms with Crippen molar-refractivity contribution < 1.29 is 18.3 Å². The maximum Gasteiger partial charge on any atom is 0.412 e. The highest BCUT2D eigenvalue weighted by Crippen LogP contribution is 2.28. The van der Waals surface area contributed by atoms with Crippen LogP contribution >= 0.6 is 0 Å². The number of hydrogen-bond acceptors (Lipinski definition) is 3. The van der Waals surface area contributed by atoms with E-state index in [0.717, 1.165) is 42.8 Å². The van der Waals surface area contributed by atoms with E-state index in [2.05, 4.69) is 0 Å². The lowest BCUT2D eigenvalue weighted by molar-refractivity contribution is 0.198. The van der Waals surface area contributed by atoms with Gasteiger partial charge in [-0.05, 0) is 37.1 Å². The Morgan fingerprint density at radius 1 is 1.04 bits per heavy atom. The number of carbonyl (C=O) groups is 1. The summed E-state index contributed by atoms with van der Waals surface area (Å²) in [6.45, 7) is 0. The molecule has 1 amide bonds. The Bertz CT molecular complexity index is 633. The molecule has 2 rings (SSSR count). The van der Waals surface area contributed by atoms with Crippen molar-refractivity contribution in [2.45, 2.75) is 49.5 Å². The lowest BCUT2D eigenvalue weighted by atomic mass is 10.1. The van der Waals surface area contributed by atoms with Gasteiger partial charge >= 0.3 is 6.09 Å². The third kappa shape index (κ3) is 4.03. The molecule has 1 saturated carbocycles. The average molecular weight is 340 g/mol. The highest BCUT2D eigenvalue weighted by atomic mass is 32.2. The van der Waals surface area contributed by atoms with Crippen molar-refractivity contribution in [3.63, 3.8) is 0 Å². The second kappa shape index (κ2) is 7.31. The zero-order chi connectivity index (χ0) is 17.0. The summed E-state index contributed by atoms with van der Waals surface area (Å²) < 4.78 is 25.3. The van der Waals surface area contributed by atoms with Crippen LogP contribution in [-0.2, 0) is 10.0 Å². The van der Waals surface area contributed by atoms with Crippen LogP contribution in [0.1, 0.15) is 38.5 Å². The Morgan fingerprint density at radius 3 is 2.00 bits per heavy atom. The molecule has 0 aromatic heterocycles. The van der Waals surface area contributed by atoms with Crippen molar-refractivity contribution >= 4 is 21.8 Å². The molecule has 1 fully saturated rings. The van der Waals surface area contributed by atoms with Gasteiger partial charge in [0.05, 0.1) is 4.90 Å². The molecule has 0 spiro atoms. The van der Waals surface area contributed by atoms with Crippen LogP contribution in [0.3, 0.4) is 0 Å². The predicted octanol–water partition coefficient (Wildman–Crippen LogP) is 3.14. The predicted molar refractivity (Wildman–Crippen MR) is 89.3 cm³/mol. The second-order valence-corrected chi connectivity index (χ2v) is 8.23. The minimum absolute atomic E-state index is 0.0358. The van der Waals surface area contributed by atoms with E-state index in [1.54, 1.807) is 12.1 Å². The van der Waals surface area contributed by atoms with Crippen molar-refractivity contribution in [1.82, 2.24) is 4.31 Å². The summed E-state index contributed by atoms with van der Waals surface area (Å²) in [5.74, 6) is 0. The SMILES string of the molecule is CN(C)S(=O)(=O)c1ccc(N(C(=O)O)C2CCCCCC2)cc1. The van der Waals surface area contributed by atoms with Crippen molar-refractivity contribution in [2.24, 2.45) is 0 Å². The molecule has 0 heterocycles. The maximum atomic E-state index is 12.1. The topological polar surface area (TPSA) is 77.9 Å². The van der Waals surface area contributed by atoms with Crippen molar-refractivity contribution in [2.75, 3.05) is 19.0 Å². The fourth-order valence-electron chi connectivity index (χ4n) is 2.98. The Hall–Kier alpha value is -1.60. The van der Waals surface area contributed by atoms with E-state index in [1.807, 2.05) is 0 Å². The standard InChI is InChI=1S/C16H24N2O4S/c1-17(2)23(21,22)15-11-9-14(10-12-15)18(16(19)20)13-7-5-3-4-6-8-13/h9-13H,3-8H2,1-2H3,(H,19,20). The van der Waals surface area contributed by atoms with Gasteiger partial charge in [0.1, 0.15) is 0 Å². The summed E-state index contributed by atoms with van der Waals surface area (Å²) in [5, 5.41) is 9.59. The summed E-state index contributed by atoms with van der Waals surface area (Å²) in [6.07, 6.45) is 5.06. The Kier molecular flexibility index (Phi) is 5.64. The van der Waals surface area contributed by atoms with Crippen LogP contribution in [0.2, 0.25) is 0 Å². The first-order valence-electron chi connectivity index (χ1n) is 7.89. The van der Waals surface area contributed by atoms with Gasteiger partial charge in [-0.2, -0.15) is 0 Å². The summed E-state index contributed by atoms with van der Waals surface area (Å²) in [4.78, 5) is 13.3. The molecule has 6 nitrogen and oxygen atoms in total. The average Bonchev–Trinajstić information content (AvgIpc) is 2.76. The van der Waals surface area contributed by atoms with E-state index in [9.17, 15) is 18.3 Å². The minimum atomic E-state index is -3.50. The molecule has 1 N–H and O–H groups in total. The van der Waals surface area contributed by atoms with Gasteiger partial charge in [-0.15, -0.1) is 0 Å². The molecule has 1 aliphatic carbocycles. The first-order chi connectivity index (χ1) is 10.8. The van der Waals surface area contributed by atoms with Crippen molar-refractivity contribution in [1.29, 1.82) is 0 Å². The number of sulfonamides is 1. The first-order valence-corrected chi connectivity index (χ1v) is 9.33. The second-order valence-electron chi connectivity index (χ2n) is 6.08. The van der Waals surface area contributed by atoms with Crippen LogP contribution in [0.15, 0.2) is 29.2 Å². The molecule has 0 radical (unpaired) electrons. The zero-order valence-electron chi connectivity index (χ0n) is 13.6. The molecule has 7 heteroatoms. The normalized spacial score (nSPS) is 17.0. The molecule has 23 heavy (non-hydrogen) atoms. The largest absolute Gasteiger partial charge is 0.465 e. The van der Waals surface area contributed by atoms with Gasteiger partial charge in [-0.1, -0.05) is 25.7 Å². The number of nitrogens with zero attached hydrogens (tertiary/aromatic N) is 2. The Balaban J connectivity index is 2.28. The van der Waals surface area contributed by atoms with E-state index in [1.165, 1.54) is 31.1 Å². The third-order valence-corrected chi connectivity index (χ3v) is 6.12. The monoisotopic (exact) mass is 340 g/mol. The van der Waals surface area contributed by atoms with Crippen LogP contribution in [0.4, 0.5) is 10.5 Å². The number of hydrogen-bond donors (Lipinski definition) is 1. The number of amides is 1. The number of rotatable bonds is 4. The fourth-order valence-corrected chi connectivity index (χ4v) is 3.88. The van der Waals surface area contributed by atoms with E-state index >= 15 is 0 Å². The van der Waals surface area contributed by atoms with Gasteiger partial charge in [0.25, 0.3) is 0 Å². The van der Waals surface area contributed by atoms with Gasteiger partial charge in [0, 0.05) is 25.8 Å². The van der Waals surface area contributed by atoms with Crippen LogP contribution in [-0.4, -0.2) is 44.1 Å². The minimum Gasteiger partial charge on any atom is -0.465 e. The number of carboxylic acid groups (broad SMARTS) is 1. The Labute approximate surface area is 137 Å². The van der Waals surface area contributed by atoms with Crippen molar-refractivity contribution in [3.05, 3.63) is 24.3 Å². The van der Waals surface area contributed by atoms with E-state index < -0.39 is 16.1 Å². The molecule has 128 valence electrons. The summed E-state index contributed by atoms with van der Waals surface area (Å²) in [5.41, 5.74) is 0.530. The summed E-state index contributed by atoms with van der Waals surface area (Å²) >= 11 is 0. The summed E-state index contributed by atoms with van der Waals surface area (Å²) in [7, 11) is -0.562. The molecular weight excluding hydrogens is 316 g/mol. The smallest absolute Gasteiger partial charge is 0.412 e. The third-order valence-electron chi connectivity index (χ3n) is 4.29. The molecule has 0 atom stereocenters. The highest BCUT2D eigenvalue weighted by molar-refractivity contribution is 7.89. The maximum absolute atomic E-state index is 12.1. The Morgan fingerprint density at radius 2 is 1.57 bits per heavy atom. The van der Waals surface area contributed by atoms with Gasteiger partial charge in [0.2, 0.25) is 10.0 Å². The molecule has 1 aliphatic rings. The number of benzene rings is 1. The highest BCUT2D eigenvalue weighted by Gasteiger charge is 2.26. The first kappa shape index (κ1) is 17.7. The van der Waals surface area contributed by atoms with Crippen LogP contribution < -0.4 is 4.90 Å². The fraction of sp³-hybridized carbons (Fsp3) is 0.562. The molecule has 1 aromatic carbocycles. The van der Waals surface area contributed by atoms with E-state index in [0.29, 0.717) is 5.69 Å². The van der Waals surface area contributed by atoms with Crippen LogP contribution in [0.25, 0.3) is 0 Å². The quantitative estimate of drug-likeness (QED) is 0.854. The van der Waals surface area contributed by atoms with E-state index in [-0.39, 0.29) is 10.9 Å². The molecule has 0 unspecified atom stereocenters. The van der Waals surface area contributed by atoms with Crippen LogP contribution in [0.5, 0.6) is 0 Å². The molecule has 0 bridgehead atoms. The summed E-state index contributed by atoms with van der Waals surface area (Å²) in [6, 6.07) is 6.06. The molecule has 0 saturated heterocycles.